The maximum absolute atomic E-state index is 13.1. The number of hydrogen-bond donors (Lipinski definition) is 0. The van der Waals surface area contributed by atoms with Gasteiger partial charge in [-0.15, -0.1) is 16.4 Å². The van der Waals surface area contributed by atoms with E-state index in [0.717, 1.165) is 42.9 Å². The van der Waals surface area contributed by atoms with E-state index in [4.69, 9.17) is 9.47 Å². The number of nitrogens with zero attached hydrogens (tertiary/aromatic N) is 5. The van der Waals surface area contributed by atoms with Gasteiger partial charge in [0.1, 0.15) is 0 Å². The van der Waals surface area contributed by atoms with E-state index in [0.29, 0.717) is 30.7 Å². The zero-order chi connectivity index (χ0) is 21.0. The Balaban J connectivity index is 1.25. The average Bonchev–Trinajstić information content (AvgIpc) is 3.53. The molecule has 2 aromatic heterocycles. The van der Waals surface area contributed by atoms with Gasteiger partial charge in [0.25, 0.3) is 0 Å². The Morgan fingerprint density at radius 1 is 1.19 bits per heavy atom. The first kappa shape index (κ1) is 20.3. The number of benzene rings is 1. The number of hydrogen-bond acceptors (Lipinski definition) is 8. The van der Waals surface area contributed by atoms with Crippen molar-refractivity contribution < 1.29 is 14.3 Å². The van der Waals surface area contributed by atoms with Crippen molar-refractivity contribution in [3.05, 3.63) is 46.2 Å². The summed E-state index contributed by atoms with van der Waals surface area (Å²) in [6.07, 6.45) is 2.82. The van der Waals surface area contributed by atoms with E-state index in [1.807, 2.05) is 28.5 Å². The molecule has 0 radical (unpaired) electrons. The lowest BCUT2D eigenvalue weighted by Gasteiger charge is -2.25. The number of carbonyl (C=O) groups excluding carboxylic acids is 1. The summed E-state index contributed by atoms with van der Waals surface area (Å²) in [5.74, 6) is 1.97. The van der Waals surface area contributed by atoms with Crippen LogP contribution in [0.15, 0.2) is 40.9 Å². The van der Waals surface area contributed by atoms with Gasteiger partial charge >= 0.3 is 0 Å². The van der Waals surface area contributed by atoms with E-state index in [-0.39, 0.29) is 11.9 Å². The van der Waals surface area contributed by atoms with Gasteiger partial charge in [-0.3, -0.25) is 4.79 Å². The summed E-state index contributed by atoms with van der Waals surface area (Å²) in [4.78, 5) is 16.2. The molecule has 2 aliphatic rings. The summed E-state index contributed by atoms with van der Waals surface area (Å²) in [6, 6.07) is 10.2. The second kappa shape index (κ2) is 9.27. The number of likely N-dealkylation sites (tertiary alicyclic amines) is 1. The van der Waals surface area contributed by atoms with Gasteiger partial charge in [-0.2, -0.15) is 0 Å². The molecular weight excluding hydrogens is 434 g/mol. The summed E-state index contributed by atoms with van der Waals surface area (Å²) in [5.41, 5.74) is 1.10. The molecule has 0 spiro atoms. The van der Waals surface area contributed by atoms with Crippen LogP contribution < -0.4 is 9.47 Å². The molecule has 1 amide bonds. The minimum absolute atomic E-state index is 0.0624. The molecule has 0 aliphatic carbocycles. The molecule has 0 bridgehead atoms. The van der Waals surface area contributed by atoms with Crippen LogP contribution in [0.5, 0.6) is 11.5 Å². The molecule has 1 aromatic carbocycles. The molecule has 4 heterocycles. The van der Waals surface area contributed by atoms with Crippen LogP contribution in [0.3, 0.4) is 0 Å². The number of thioether (sulfide) groups is 1. The van der Waals surface area contributed by atoms with Crippen molar-refractivity contribution in [2.75, 3.05) is 25.5 Å². The van der Waals surface area contributed by atoms with Gasteiger partial charge in [0, 0.05) is 17.8 Å². The first-order valence-corrected chi connectivity index (χ1v) is 12.2. The standard InChI is InChI=1S/C21H23N5O3S2/c27-20(14-31-21-22-23-24-26(21)13-16-4-2-11-30-16)25-8-1-5-17(25)15-6-7-18-19(12-15)29-10-3-9-28-18/h2,4,6-7,11-12,17H,1,3,5,8-10,13-14H2/t17-/m0/s1. The van der Waals surface area contributed by atoms with Gasteiger partial charge in [0.2, 0.25) is 11.1 Å². The number of fused-ring (bicyclic) bond motifs is 1. The SMILES string of the molecule is O=C(CSc1nnnn1Cc1cccs1)N1CCC[C@H]1c1ccc2c(c1)OCCCO2. The lowest BCUT2D eigenvalue weighted by atomic mass is 10.0. The van der Waals surface area contributed by atoms with Crippen LogP contribution in [-0.4, -0.2) is 56.5 Å². The largest absolute Gasteiger partial charge is 0.490 e. The molecule has 2 aliphatic heterocycles. The molecule has 0 N–H and O–H groups in total. The first-order valence-electron chi connectivity index (χ1n) is 10.4. The van der Waals surface area contributed by atoms with Crippen molar-refractivity contribution in [3.8, 4) is 11.5 Å². The highest BCUT2D eigenvalue weighted by molar-refractivity contribution is 7.99. The fraction of sp³-hybridized carbons (Fsp3) is 0.429. The van der Waals surface area contributed by atoms with Crippen LogP contribution in [0, 0.1) is 0 Å². The van der Waals surface area contributed by atoms with Crippen molar-refractivity contribution >= 4 is 29.0 Å². The summed E-state index contributed by atoms with van der Waals surface area (Å²) < 4.78 is 13.3. The highest BCUT2D eigenvalue weighted by Crippen LogP contribution is 2.38. The fourth-order valence-corrected chi connectivity index (χ4v) is 5.41. The van der Waals surface area contributed by atoms with Crippen LogP contribution in [-0.2, 0) is 11.3 Å². The third-order valence-electron chi connectivity index (χ3n) is 5.44. The third kappa shape index (κ3) is 4.54. The van der Waals surface area contributed by atoms with E-state index in [9.17, 15) is 4.79 Å². The highest BCUT2D eigenvalue weighted by atomic mass is 32.2. The Morgan fingerprint density at radius 2 is 2.10 bits per heavy atom. The molecule has 1 fully saturated rings. The summed E-state index contributed by atoms with van der Waals surface area (Å²) >= 11 is 3.05. The zero-order valence-corrected chi connectivity index (χ0v) is 18.6. The molecule has 8 nitrogen and oxygen atoms in total. The number of amides is 1. The topological polar surface area (TPSA) is 82.4 Å². The van der Waals surface area contributed by atoms with E-state index >= 15 is 0 Å². The van der Waals surface area contributed by atoms with Crippen LogP contribution in [0.1, 0.15) is 35.7 Å². The van der Waals surface area contributed by atoms with Crippen LogP contribution in [0.4, 0.5) is 0 Å². The Bertz CT molecular complexity index is 1040. The Labute approximate surface area is 188 Å². The van der Waals surface area contributed by atoms with Gasteiger partial charge < -0.3 is 14.4 Å². The second-order valence-electron chi connectivity index (χ2n) is 7.49. The van der Waals surface area contributed by atoms with Crippen molar-refractivity contribution in [1.29, 1.82) is 0 Å². The smallest absolute Gasteiger partial charge is 0.233 e. The minimum Gasteiger partial charge on any atom is -0.490 e. The molecule has 162 valence electrons. The molecule has 0 saturated carbocycles. The third-order valence-corrected chi connectivity index (χ3v) is 7.24. The predicted molar refractivity (Wildman–Crippen MR) is 118 cm³/mol. The molecule has 1 saturated heterocycles. The number of aromatic nitrogens is 4. The van der Waals surface area contributed by atoms with Gasteiger partial charge in [-0.05, 0) is 52.4 Å². The average molecular weight is 458 g/mol. The number of ether oxygens (including phenoxy) is 2. The molecular formula is C21H23N5O3S2. The number of thiophene rings is 1. The summed E-state index contributed by atoms with van der Waals surface area (Å²) in [6.45, 7) is 2.70. The molecule has 10 heteroatoms. The Morgan fingerprint density at radius 3 is 2.97 bits per heavy atom. The monoisotopic (exact) mass is 457 g/mol. The molecule has 3 aromatic rings. The second-order valence-corrected chi connectivity index (χ2v) is 9.46. The highest BCUT2D eigenvalue weighted by Gasteiger charge is 2.31. The Kier molecular flexibility index (Phi) is 6.08. The van der Waals surface area contributed by atoms with Gasteiger partial charge in [0.15, 0.2) is 11.5 Å². The van der Waals surface area contributed by atoms with E-state index in [2.05, 4.69) is 27.7 Å². The number of tetrazole rings is 1. The first-order chi connectivity index (χ1) is 15.3. The van der Waals surface area contributed by atoms with Gasteiger partial charge in [-0.25, -0.2) is 4.68 Å². The molecule has 5 rings (SSSR count). The van der Waals surface area contributed by atoms with Gasteiger partial charge in [0.05, 0.1) is 31.6 Å². The van der Waals surface area contributed by atoms with Crippen molar-refractivity contribution in [1.82, 2.24) is 25.1 Å². The van der Waals surface area contributed by atoms with Crippen LogP contribution in [0.25, 0.3) is 0 Å². The molecule has 1 atom stereocenters. The fourth-order valence-electron chi connectivity index (χ4n) is 3.96. The van der Waals surface area contributed by atoms with Crippen molar-refractivity contribution in [2.45, 2.75) is 37.0 Å². The van der Waals surface area contributed by atoms with Crippen molar-refractivity contribution in [3.63, 3.8) is 0 Å². The molecule has 0 unspecified atom stereocenters. The number of rotatable bonds is 6. The normalized spacial score (nSPS) is 18.2. The minimum atomic E-state index is 0.0624. The Hall–Kier alpha value is -2.59. The lowest BCUT2D eigenvalue weighted by Crippen LogP contribution is -2.32. The summed E-state index contributed by atoms with van der Waals surface area (Å²) in [5, 5.41) is 14.6. The van der Waals surface area contributed by atoms with Crippen LogP contribution in [0.2, 0.25) is 0 Å². The maximum Gasteiger partial charge on any atom is 0.233 e. The lowest BCUT2D eigenvalue weighted by molar-refractivity contribution is -0.129. The molecule has 31 heavy (non-hydrogen) atoms. The van der Waals surface area contributed by atoms with Gasteiger partial charge in [-0.1, -0.05) is 23.9 Å². The zero-order valence-electron chi connectivity index (χ0n) is 17.0. The quantitative estimate of drug-likeness (QED) is 0.525. The van der Waals surface area contributed by atoms with Crippen LogP contribution >= 0.6 is 23.1 Å². The maximum atomic E-state index is 13.1. The van der Waals surface area contributed by atoms with E-state index in [1.165, 1.54) is 16.6 Å². The summed E-state index contributed by atoms with van der Waals surface area (Å²) in [7, 11) is 0. The van der Waals surface area contributed by atoms with E-state index < -0.39 is 0 Å². The van der Waals surface area contributed by atoms with E-state index in [1.54, 1.807) is 16.0 Å². The predicted octanol–water partition coefficient (Wildman–Crippen LogP) is 3.40. The number of carbonyl (C=O) groups is 1. The van der Waals surface area contributed by atoms with Crippen molar-refractivity contribution in [2.24, 2.45) is 0 Å².